The largest absolute Gasteiger partial charge is 0.334 e. The molecule has 0 saturated heterocycles. The van der Waals surface area contributed by atoms with Gasteiger partial charge in [-0.15, -0.1) is 0 Å². The number of nitrogens with zero attached hydrogens (tertiary/aromatic N) is 2. The van der Waals surface area contributed by atoms with Crippen molar-refractivity contribution >= 4 is 0 Å². The number of H-pyrrole nitrogens is 1. The van der Waals surface area contributed by atoms with E-state index in [2.05, 4.69) is 9.97 Å². The summed E-state index contributed by atoms with van der Waals surface area (Å²) < 4.78 is 0. The fourth-order valence-electron chi connectivity index (χ4n) is 0.599. The first-order valence-corrected chi connectivity index (χ1v) is 2.80. The van der Waals surface area contributed by atoms with E-state index in [9.17, 15) is 0 Å². The van der Waals surface area contributed by atoms with Gasteiger partial charge in [-0.05, 0) is 0 Å². The minimum Gasteiger partial charge on any atom is -0.334 e. The number of nitriles is 1. The van der Waals surface area contributed by atoms with E-state index >= 15 is 0 Å². The molecule has 0 spiro atoms. The van der Waals surface area contributed by atoms with Crippen molar-refractivity contribution in [3.8, 4) is 6.07 Å². The van der Waals surface area contributed by atoms with E-state index in [4.69, 9.17) is 5.26 Å². The Hall–Kier alpha value is -1.30. The van der Waals surface area contributed by atoms with Gasteiger partial charge in [0.05, 0.1) is 6.20 Å². The van der Waals surface area contributed by atoms with Gasteiger partial charge in [0.1, 0.15) is 17.6 Å². The third kappa shape index (κ3) is 1.08. The molecule has 3 nitrogen and oxygen atoms in total. The number of aryl methyl sites for hydroxylation is 1. The van der Waals surface area contributed by atoms with Crippen LogP contribution in [0.15, 0.2) is 6.20 Å². The van der Waals surface area contributed by atoms with E-state index in [1.165, 1.54) is 0 Å². The summed E-state index contributed by atoms with van der Waals surface area (Å²) in [4.78, 5) is 6.77. The van der Waals surface area contributed by atoms with E-state index < -0.39 is 0 Å². The molecule has 1 aromatic rings. The Morgan fingerprint density at radius 2 is 2.67 bits per heavy atom. The fourth-order valence-corrected chi connectivity index (χ4v) is 0.599. The molecular formula is C6H7N3. The lowest BCUT2D eigenvalue weighted by atomic mass is 10.5. The quantitative estimate of drug-likeness (QED) is 0.598. The molecule has 0 bridgehead atoms. The summed E-state index contributed by atoms with van der Waals surface area (Å²) in [7, 11) is 0. The van der Waals surface area contributed by atoms with Crippen LogP contribution in [-0.2, 0) is 6.42 Å². The van der Waals surface area contributed by atoms with Gasteiger partial charge in [0.15, 0.2) is 0 Å². The molecule has 0 radical (unpaired) electrons. The first-order chi connectivity index (χ1) is 4.36. The van der Waals surface area contributed by atoms with Crippen molar-refractivity contribution in [2.45, 2.75) is 13.3 Å². The lowest BCUT2D eigenvalue weighted by Gasteiger charge is -1.81. The van der Waals surface area contributed by atoms with Crippen LogP contribution in [0.5, 0.6) is 0 Å². The van der Waals surface area contributed by atoms with Crippen molar-refractivity contribution in [2.24, 2.45) is 0 Å². The third-order valence-corrected chi connectivity index (χ3v) is 1.08. The molecule has 0 aliphatic carbocycles. The highest BCUT2D eigenvalue weighted by Crippen LogP contribution is 1.94. The molecule has 9 heavy (non-hydrogen) atoms. The predicted octanol–water partition coefficient (Wildman–Crippen LogP) is 0.844. The van der Waals surface area contributed by atoms with Crippen molar-refractivity contribution < 1.29 is 0 Å². The van der Waals surface area contributed by atoms with Crippen LogP contribution >= 0.6 is 0 Å². The van der Waals surface area contributed by atoms with Gasteiger partial charge in [0, 0.05) is 6.42 Å². The summed E-state index contributed by atoms with van der Waals surface area (Å²) in [5.74, 6) is 0.867. The monoisotopic (exact) mass is 121 g/mol. The Morgan fingerprint density at radius 3 is 3.00 bits per heavy atom. The lowest BCUT2D eigenvalue weighted by molar-refractivity contribution is 0.987. The van der Waals surface area contributed by atoms with E-state index in [1.807, 2.05) is 13.0 Å². The summed E-state index contributed by atoms with van der Waals surface area (Å²) in [5, 5.41) is 8.33. The lowest BCUT2D eigenvalue weighted by Crippen LogP contribution is -1.80. The molecular weight excluding hydrogens is 114 g/mol. The predicted molar refractivity (Wildman–Crippen MR) is 32.7 cm³/mol. The van der Waals surface area contributed by atoms with Crippen molar-refractivity contribution in [1.29, 1.82) is 5.26 Å². The second kappa shape index (κ2) is 2.31. The van der Waals surface area contributed by atoms with Crippen LogP contribution in [0.1, 0.15) is 18.4 Å². The minimum atomic E-state index is 0.534. The van der Waals surface area contributed by atoms with Gasteiger partial charge < -0.3 is 4.98 Å². The van der Waals surface area contributed by atoms with Gasteiger partial charge in [-0.3, -0.25) is 0 Å². The van der Waals surface area contributed by atoms with Crippen LogP contribution in [-0.4, -0.2) is 9.97 Å². The van der Waals surface area contributed by atoms with Crippen LogP contribution in [0.4, 0.5) is 0 Å². The molecule has 0 aliphatic heterocycles. The summed E-state index contributed by atoms with van der Waals surface area (Å²) in [5.41, 5.74) is 0.534. The van der Waals surface area contributed by atoms with Crippen molar-refractivity contribution in [1.82, 2.24) is 9.97 Å². The zero-order valence-corrected chi connectivity index (χ0v) is 5.18. The highest BCUT2D eigenvalue weighted by Gasteiger charge is 1.93. The molecule has 0 saturated carbocycles. The normalized spacial score (nSPS) is 8.89. The second-order valence-electron chi connectivity index (χ2n) is 1.71. The fraction of sp³-hybridized carbons (Fsp3) is 0.333. The number of rotatable bonds is 1. The van der Waals surface area contributed by atoms with Crippen molar-refractivity contribution in [2.75, 3.05) is 0 Å². The zero-order valence-electron chi connectivity index (χ0n) is 5.18. The maximum Gasteiger partial charge on any atom is 0.137 e. The maximum absolute atomic E-state index is 8.33. The summed E-state index contributed by atoms with van der Waals surface area (Å²) in [6.45, 7) is 1.99. The van der Waals surface area contributed by atoms with Crippen LogP contribution in [0.2, 0.25) is 0 Å². The van der Waals surface area contributed by atoms with Gasteiger partial charge in [-0.2, -0.15) is 5.26 Å². The first kappa shape index (κ1) is 5.83. The standard InChI is InChI=1S/C6H7N3/c1-2-6-8-4-5(3-7)9-6/h4H,2H2,1H3,(H,8,9). The molecule has 0 atom stereocenters. The molecule has 1 N–H and O–H groups in total. The minimum absolute atomic E-state index is 0.534. The number of hydrogen-bond donors (Lipinski definition) is 1. The van der Waals surface area contributed by atoms with Crippen LogP contribution in [0.3, 0.4) is 0 Å². The van der Waals surface area contributed by atoms with Gasteiger partial charge in [0.2, 0.25) is 0 Å². The van der Waals surface area contributed by atoms with E-state index in [0.29, 0.717) is 5.69 Å². The molecule has 0 unspecified atom stereocenters. The van der Waals surface area contributed by atoms with E-state index in [0.717, 1.165) is 12.2 Å². The number of nitrogens with one attached hydrogen (secondary N) is 1. The van der Waals surface area contributed by atoms with Crippen molar-refractivity contribution in [3.63, 3.8) is 0 Å². The summed E-state index contributed by atoms with van der Waals surface area (Å²) >= 11 is 0. The van der Waals surface area contributed by atoms with Gasteiger partial charge in [-0.1, -0.05) is 6.92 Å². The second-order valence-corrected chi connectivity index (χ2v) is 1.71. The molecule has 1 aromatic heterocycles. The molecule has 0 fully saturated rings. The smallest absolute Gasteiger partial charge is 0.137 e. The van der Waals surface area contributed by atoms with E-state index in [-0.39, 0.29) is 0 Å². The average Bonchev–Trinajstić information content (AvgIpc) is 2.34. The zero-order chi connectivity index (χ0) is 6.69. The average molecular weight is 121 g/mol. The van der Waals surface area contributed by atoms with Crippen LogP contribution in [0.25, 0.3) is 0 Å². The topological polar surface area (TPSA) is 52.5 Å². The molecule has 0 amide bonds. The van der Waals surface area contributed by atoms with Gasteiger partial charge in [0.25, 0.3) is 0 Å². The Balaban J connectivity index is 2.90. The van der Waals surface area contributed by atoms with Gasteiger partial charge >= 0.3 is 0 Å². The highest BCUT2D eigenvalue weighted by atomic mass is 14.9. The number of hydrogen-bond acceptors (Lipinski definition) is 2. The maximum atomic E-state index is 8.33. The molecule has 0 aliphatic rings. The Morgan fingerprint density at radius 1 is 1.89 bits per heavy atom. The van der Waals surface area contributed by atoms with Crippen molar-refractivity contribution in [3.05, 3.63) is 17.7 Å². The first-order valence-electron chi connectivity index (χ1n) is 2.80. The summed E-state index contributed by atoms with van der Waals surface area (Å²) in [6, 6.07) is 1.96. The van der Waals surface area contributed by atoms with Crippen LogP contribution < -0.4 is 0 Å². The number of aromatic nitrogens is 2. The number of aromatic amines is 1. The Labute approximate surface area is 53.3 Å². The molecule has 3 heteroatoms. The molecule has 1 rings (SSSR count). The third-order valence-electron chi connectivity index (χ3n) is 1.08. The Kier molecular flexibility index (Phi) is 1.50. The Bertz CT molecular complexity index is 231. The molecule has 0 aromatic carbocycles. The molecule has 1 heterocycles. The molecule has 46 valence electrons. The van der Waals surface area contributed by atoms with E-state index in [1.54, 1.807) is 6.20 Å². The summed E-state index contributed by atoms with van der Waals surface area (Å²) in [6.07, 6.45) is 2.39. The number of imidazole rings is 1. The van der Waals surface area contributed by atoms with Crippen LogP contribution in [0, 0.1) is 11.3 Å². The SMILES string of the molecule is CCc1ncc(C#N)[nH]1. The van der Waals surface area contributed by atoms with Gasteiger partial charge in [-0.25, -0.2) is 4.98 Å². The highest BCUT2D eigenvalue weighted by molar-refractivity contribution is 5.17.